The molecule has 11 heteroatoms. The Labute approximate surface area is 301 Å². The van der Waals surface area contributed by atoms with E-state index in [1.54, 1.807) is 0 Å². The number of benzene rings is 1. The van der Waals surface area contributed by atoms with E-state index in [1.807, 2.05) is 30.3 Å². The Bertz CT molecular complexity index is 1080. The maximum Gasteiger partial charge on any atom is 0.328 e. The third kappa shape index (κ3) is 23.8. The molecule has 3 atom stereocenters. The molecule has 0 unspecified atom stereocenters. The molecule has 0 aliphatic carbocycles. The monoisotopic (exact) mass is 702 g/mol. The lowest BCUT2D eigenvalue weighted by Crippen LogP contribution is -2.50. The van der Waals surface area contributed by atoms with Crippen molar-refractivity contribution in [2.45, 2.75) is 173 Å². The van der Waals surface area contributed by atoms with Crippen molar-refractivity contribution in [3.8, 4) is 0 Å². The van der Waals surface area contributed by atoms with Gasteiger partial charge in [-0.25, -0.2) is 4.79 Å². The van der Waals surface area contributed by atoms with Crippen LogP contribution in [0.4, 0.5) is 0 Å². The largest absolute Gasteiger partial charge is 0.459 e. The molecular weight excluding hydrogens is 634 g/mol. The third-order valence-electron chi connectivity index (χ3n) is 8.83. The van der Waals surface area contributed by atoms with Gasteiger partial charge in [0, 0.05) is 19.4 Å². The molecule has 0 spiro atoms. The lowest BCUT2D eigenvalue weighted by Gasteiger charge is -2.20. The van der Waals surface area contributed by atoms with Crippen LogP contribution in [0.2, 0.25) is 0 Å². The minimum atomic E-state index is -1.07. The molecule has 7 N–H and O–H groups in total. The second-order valence-electron chi connectivity index (χ2n) is 13.5. The Balaban J connectivity index is 2.31. The first-order valence-electron chi connectivity index (χ1n) is 19.3. The van der Waals surface area contributed by atoms with E-state index in [9.17, 15) is 24.0 Å². The highest BCUT2D eigenvalue weighted by Gasteiger charge is 2.25. The van der Waals surface area contributed by atoms with Crippen molar-refractivity contribution in [3.63, 3.8) is 0 Å². The smallest absolute Gasteiger partial charge is 0.328 e. The average molecular weight is 702 g/mol. The van der Waals surface area contributed by atoms with Crippen molar-refractivity contribution in [3.05, 3.63) is 35.9 Å². The predicted molar refractivity (Wildman–Crippen MR) is 199 cm³/mol. The number of carbonyl (C=O) groups is 5. The Kier molecular flexibility index (Phi) is 26.1. The summed E-state index contributed by atoms with van der Waals surface area (Å²) in [6.45, 7) is 4.28. The molecule has 284 valence electrons. The zero-order valence-electron chi connectivity index (χ0n) is 31.0. The summed E-state index contributed by atoms with van der Waals surface area (Å²) in [7, 11) is 0. The van der Waals surface area contributed by atoms with Gasteiger partial charge in [-0.15, -0.1) is 0 Å². The van der Waals surface area contributed by atoms with E-state index in [2.05, 4.69) is 22.9 Å². The van der Waals surface area contributed by atoms with Gasteiger partial charge < -0.3 is 32.2 Å². The van der Waals surface area contributed by atoms with Crippen LogP contribution < -0.4 is 27.4 Å². The summed E-state index contributed by atoms with van der Waals surface area (Å²) in [4.78, 5) is 61.7. The Morgan fingerprint density at radius 1 is 0.660 bits per heavy atom. The number of nitrogens with one attached hydrogen (secondary N) is 3. The molecule has 0 aromatic heterocycles. The summed E-state index contributed by atoms with van der Waals surface area (Å²) in [6, 6.07) is 6.41. The maximum absolute atomic E-state index is 13.0. The number of hydrogen-bond donors (Lipinski definition) is 5. The van der Waals surface area contributed by atoms with Crippen LogP contribution in [0.5, 0.6) is 0 Å². The first-order valence-corrected chi connectivity index (χ1v) is 19.3. The molecule has 0 radical (unpaired) electrons. The van der Waals surface area contributed by atoms with Gasteiger partial charge in [0.25, 0.3) is 0 Å². The maximum atomic E-state index is 13.0. The van der Waals surface area contributed by atoms with Gasteiger partial charge in [0.2, 0.25) is 23.6 Å². The zero-order valence-corrected chi connectivity index (χ0v) is 31.0. The van der Waals surface area contributed by atoms with Crippen LogP contribution in [-0.2, 0) is 35.3 Å². The number of hydrogen-bond acceptors (Lipinski definition) is 7. The van der Waals surface area contributed by atoms with E-state index in [-0.39, 0.29) is 25.4 Å². The Morgan fingerprint density at radius 3 is 1.76 bits per heavy atom. The number of ether oxygens (including phenoxy) is 1. The highest BCUT2D eigenvalue weighted by atomic mass is 16.5. The van der Waals surface area contributed by atoms with E-state index in [4.69, 9.17) is 16.2 Å². The van der Waals surface area contributed by atoms with Crippen LogP contribution in [-0.4, -0.2) is 54.3 Å². The van der Waals surface area contributed by atoms with Crippen molar-refractivity contribution in [1.82, 2.24) is 16.0 Å². The first-order chi connectivity index (χ1) is 24.1. The molecule has 11 nitrogen and oxygen atoms in total. The standard InChI is InChI=1S/C39H67N5O6/c1-3-4-5-6-7-8-9-10-11-12-13-14-15-16-20-26-35(45)42-29-22-21-25-34(39(49)50-30-32-23-18-17-19-24-32)43-36(46)28-27-33(37(41)47)44-38(48)31(2)40/h17-19,23-24,31,33-34H,3-16,20-22,25-30,40H2,1-2H3,(H2,41,47)(H,42,45)(H,43,46)(H,44,48)/t31-,33+,34-/m0/s1. The molecular formula is C39H67N5O6. The van der Waals surface area contributed by atoms with Crippen LogP contribution in [0, 0.1) is 0 Å². The second kappa shape index (κ2) is 29.3. The van der Waals surface area contributed by atoms with Crippen molar-refractivity contribution in [1.29, 1.82) is 0 Å². The van der Waals surface area contributed by atoms with Crippen molar-refractivity contribution in [2.75, 3.05) is 6.54 Å². The minimum Gasteiger partial charge on any atom is -0.459 e. The van der Waals surface area contributed by atoms with E-state index in [1.165, 1.54) is 90.4 Å². The van der Waals surface area contributed by atoms with Gasteiger partial charge in [0.1, 0.15) is 18.7 Å². The summed E-state index contributed by atoms with van der Waals surface area (Å²) in [5, 5.41) is 8.10. The number of amides is 4. The fourth-order valence-corrected chi connectivity index (χ4v) is 5.66. The van der Waals surface area contributed by atoms with Crippen LogP contribution in [0.25, 0.3) is 0 Å². The lowest BCUT2D eigenvalue weighted by atomic mass is 10.0. The van der Waals surface area contributed by atoms with Gasteiger partial charge in [0.05, 0.1) is 6.04 Å². The topological polar surface area (TPSA) is 183 Å². The SMILES string of the molecule is CCCCCCCCCCCCCCCCCC(=O)NCCCC[C@H](NC(=O)CC[C@@H](NC(=O)[C@H](C)N)C(N)=O)C(=O)OCc1ccccc1. The highest BCUT2D eigenvalue weighted by Crippen LogP contribution is 2.14. The van der Waals surface area contributed by atoms with Crippen LogP contribution in [0.15, 0.2) is 30.3 Å². The molecule has 0 saturated carbocycles. The molecule has 1 aromatic carbocycles. The first kappa shape index (κ1) is 44.6. The minimum absolute atomic E-state index is 0.0342. The normalized spacial score (nSPS) is 12.8. The summed E-state index contributed by atoms with van der Waals surface area (Å²) in [6.07, 6.45) is 21.1. The van der Waals surface area contributed by atoms with Crippen LogP contribution in [0.1, 0.15) is 154 Å². The number of rotatable bonds is 31. The van der Waals surface area contributed by atoms with E-state index in [0.717, 1.165) is 18.4 Å². The molecule has 50 heavy (non-hydrogen) atoms. The molecule has 0 fully saturated rings. The second-order valence-corrected chi connectivity index (χ2v) is 13.5. The predicted octanol–water partition coefficient (Wildman–Crippen LogP) is 5.86. The number of carbonyl (C=O) groups excluding carboxylic acids is 5. The van der Waals surface area contributed by atoms with Crippen molar-refractivity contribution in [2.24, 2.45) is 11.5 Å². The van der Waals surface area contributed by atoms with E-state index < -0.39 is 41.8 Å². The summed E-state index contributed by atoms with van der Waals surface area (Å²) >= 11 is 0. The molecule has 0 aliphatic heterocycles. The fourth-order valence-electron chi connectivity index (χ4n) is 5.66. The zero-order chi connectivity index (χ0) is 36.8. The average Bonchev–Trinajstić information content (AvgIpc) is 3.10. The van der Waals surface area contributed by atoms with Gasteiger partial charge in [0.15, 0.2) is 0 Å². The number of esters is 1. The summed E-state index contributed by atoms with van der Waals surface area (Å²) < 4.78 is 5.48. The van der Waals surface area contributed by atoms with Gasteiger partial charge in [-0.05, 0) is 44.6 Å². The fraction of sp³-hybridized carbons (Fsp3) is 0.718. The van der Waals surface area contributed by atoms with Crippen LogP contribution in [0.3, 0.4) is 0 Å². The van der Waals surface area contributed by atoms with Crippen LogP contribution >= 0.6 is 0 Å². The molecule has 1 aromatic rings. The van der Waals surface area contributed by atoms with E-state index >= 15 is 0 Å². The molecule has 0 heterocycles. The quantitative estimate of drug-likeness (QED) is 0.0474. The van der Waals surface area contributed by atoms with Gasteiger partial charge >= 0.3 is 5.97 Å². The van der Waals surface area contributed by atoms with Gasteiger partial charge in [-0.1, -0.05) is 127 Å². The highest BCUT2D eigenvalue weighted by molar-refractivity contribution is 5.89. The van der Waals surface area contributed by atoms with E-state index in [0.29, 0.717) is 32.2 Å². The number of unbranched alkanes of at least 4 members (excludes halogenated alkanes) is 15. The van der Waals surface area contributed by atoms with Crippen molar-refractivity contribution >= 4 is 29.6 Å². The third-order valence-corrected chi connectivity index (χ3v) is 8.83. The Hall–Kier alpha value is -3.47. The van der Waals surface area contributed by atoms with Gasteiger partial charge in [-0.2, -0.15) is 0 Å². The summed E-state index contributed by atoms with van der Waals surface area (Å²) in [5.74, 6) is -2.36. The van der Waals surface area contributed by atoms with Gasteiger partial charge in [-0.3, -0.25) is 19.2 Å². The number of nitrogens with two attached hydrogens (primary N) is 2. The van der Waals surface area contributed by atoms with Crippen molar-refractivity contribution < 1.29 is 28.7 Å². The molecule has 0 bridgehead atoms. The molecule has 4 amide bonds. The number of primary amides is 1. The molecule has 0 saturated heterocycles. The molecule has 1 rings (SSSR count). The molecule has 0 aliphatic rings. The summed E-state index contributed by atoms with van der Waals surface area (Å²) in [5.41, 5.74) is 11.7. The lowest BCUT2D eigenvalue weighted by molar-refractivity contribution is -0.149. The Morgan fingerprint density at radius 2 is 1.22 bits per heavy atom.